The second kappa shape index (κ2) is 8.58. The molecule has 1 fully saturated rings. The third-order valence-electron chi connectivity index (χ3n) is 8.18. The number of allylic oxidation sites excluding steroid dienone is 4. The summed E-state index contributed by atoms with van der Waals surface area (Å²) in [5.41, 5.74) is 6.74. The highest BCUT2D eigenvalue weighted by molar-refractivity contribution is 5.71. The smallest absolute Gasteiger partial charge is 0.0339 e. The van der Waals surface area contributed by atoms with E-state index in [1.165, 1.54) is 77.0 Å². The van der Waals surface area contributed by atoms with Crippen molar-refractivity contribution in [1.82, 2.24) is 0 Å². The summed E-state index contributed by atoms with van der Waals surface area (Å²) in [6, 6.07) is 23.2. The number of benzene rings is 2. The quantitative estimate of drug-likeness (QED) is 0.478. The van der Waals surface area contributed by atoms with Crippen LogP contribution < -0.4 is 0 Å². The Morgan fingerprint density at radius 2 is 0.833 bits per heavy atom. The highest BCUT2D eigenvalue weighted by Crippen LogP contribution is 2.70. The molecule has 0 amide bonds. The number of fused-ring (bicyclic) bond motifs is 4. The number of hydrogen-bond acceptors (Lipinski definition) is 0. The van der Waals surface area contributed by atoms with E-state index in [4.69, 9.17) is 0 Å². The van der Waals surface area contributed by atoms with E-state index in [0.717, 1.165) is 0 Å². The molecule has 2 aromatic carbocycles. The van der Waals surface area contributed by atoms with Gasteiger partial charge in [-0.15, -0.1) is 0 Å². The Labute approximate surface area is 183 Å². The van der Waals surface area contributed by atoms with Crippen LogP contribution in [-0.4, -0.2) is 0 Å². The maximum absolute atomic E-state index is 2.66. The predicted molar refractivity (Wildman–Crippen MR) is 128 cm³/mol. The summed E-state index contributed by atoms with van der Waals surface area (Å²) in [5, 5.41) is 0. The Morgan fingerprint density at radius 1 is 0.433 bits per heavy atom. The van der Waals surface area contributed by atoms with Crippen LogP contribution in [0.3, 0.4) is 0 Å². The molecule has 0 bridgehead atoms. The van der Waals surface area contributed by atoms with Gasteiger partial charge in [-0.3, -0.25) is 0 Å². The van der Waals surface area contributed by atoms with E-state index in [0.29, 0.717) is 0 Å². The predicted octanol–water partition coefficient (Wildman–Crippen LogP) is 8.44. The molecule has 0 N–H and O–H groups in total. The van der Waals surface area contributed by atoms with Gasteiger partial charge in [0.15, 0.2) is 0 Å². The fourth-order valence-electron chi connectivity index (χ4n) is 6.93. The minimum Gasteiger partial charge on any atom is -0.0801 e. The number of rotatable bonds is 2. The van der Waals surface area contributed by atoms with Crippen LogP contribution in [0.15, 0.2) is 84.0 Å². The molecule has 0 heterocycles. The molecule has 5 rings (SSSR count). The highest BCUT2D eigenvalue weighted by Gasteiger charge is 2.65. The summed E-state index contributed by atoms with van der Waals surface area (Å²) in [5.74, 6) is 0. The van der Waals surface area contributed by atoms with E-state index in [1.807, 2.05) is 0 Å². The van der Waals surface area contributed by atoms with Crippen molar-refractivity contribution in [2.24, 2.45) is 0 Å². The molecule has 156 valence electrons. The van der Waals surface area contributed by atoms with Crippen molar-refractivity contribution >= 4 is 0 Å². The van der Waals surface area contributed by atoms with Crippen LogP contribution in [0.4, 0.5) is 0 Å². The standard InChI is InChI=1S/C30H36/c1-3-13-21-27-28-22-14-4-2-6-16-24-30(28,26-19-11-8-12-20-26)29(27,23-15-5-1)25-17-9-7-10-18-25/h7-12,17-22H,1-6,13-16,23-24H2/b27-21-,28-22-. The average Bonchev–Trinajstić information content (AvgIpc) is 2.95. The summed E-state index contributed by atoms with van der Waals surface area (Å²) in [4.78, 5) is 0. The normalized spacial score (nSPS) is 33.2. The summed E-state index contributed by atoms with van der Waals surface area (Å²) in [7, 11) is 0. The molecule has 2 aromatic rings. The molecule has 0 aliphatic heterocycles. The molecule has 2 atom stereocenters. The van der Waals surface area contributed by atoms with Crippen molar-refractivity contribution in [3.8, 4) is 0 Å². The van der Waals surface area contributed by atoms with Gasteiger partial charge < -0.3 is 0 Å². The minimum absolute atomic E-state index is 0.135. The van der Waals surface area contributed by atoms with Crippen LogP contribution in [0.2, 0.25) is 0 Å². The lowest BCUT2D eigenvalue weighted by molar-refractivity contribution is 0.192. The van der Waals surface area contributed by atoms with Gasteiger partial charge in [0.05, 0.1) is 0 Å². The number of hydrogen-bond donors (Lipinski definition) is 0. The lowest BCUT2D eigenvalue weighted by Crippen LogP contribution is -2.61. The van der Waals surface area contributed by atoms with Crippen LogP contribution in [0.1, 0.15) is 88.2 Å². The summed E-state index contributed by atoms with van der Waals surface area (Å²) >= 11 is 0. The zero-order valence-corrected chi connectivity index (χ0v) is 18.4. The van der Waals surface area contributed by atoms with Crippen LogP contribution in [0.5, 0.6) is 0 Å². The summed E-state index contributed by atoms with van der Waals surface area (Å²) in [6.45, 7) is 0. The lowest BCUT2D eigenvalue weighted by atomic mass is 9.37. The third kappa shape index (κ3) is 3.03. The van der Waals surface area contributed by atoms with Crippen LogP contribution in [0.25, 0.3) is 0 Å². The van der Waals surface area contributed by atoms with E-state index < -0.39 is 0 Å². The average molecular weight is 397 g/mol. The first-order valence-corrected chi connectivity index (χ1v) is 12.4. The topological polar surface area (TPSA) is 0 Å². The molecule has 3 aliphatic rings. The molecular weight excluding hydrogens is 360 g/mol. The van der Waals surface area contributed by atoms with Gasteiger partial charge >= 0.3 is 0 Å². The highest BCUT2D eigenvalue weighted by atomic mass is 14.7. The van der Waals surface area contributed by atoms with Gasteiger partial charge in [-0.1, -0.05) is 111 Å². The van der Waals surface area contributed by atoms with Crippen molar-refractivity contribution in [2.45, 2.75) is 87.9 Å². The van der Waals surface area contributed by atoms with E-state index in [9.17, 15) is 0 Å². The van der Waals surface area contributed by atoms with Crippen molar-refractivity contribution in [1.29, 1.82) is 0 Å². The second-order valence-electron chi connectivity index (χ2n) is 9.68. The van der Waals surface area contributed by atoms with E-state index in [2.05, 4.69) is 72.8 Å². The Morgan fingerprint density at radius 3 is 1.27 bits per heavy atom. The van der Waals surface area contributed by atoms with E-state index in [-0.39, 0.29) is 10.8 Å². The Bertz CT molecular complexity index is 826. The summed E-state index contributed by atoms with van der Waals surface area (Å²) < 4.78 is 0. The van der Waals surface area contributed by atoms with E-state index in [1.54, 1.807) is 22.3 Å². The molecular formula is C30H36. The molecule has 0 saturated heterocycles. The SMILES string of the molecule is C1=C2/C3=C/CCCCCCC3(c3ccccc3)C2(c2ccccc2)CCCCCC/1. The Hall–Kier alpha value is -2.08. The van der Waals surface area contributed by atoms with E-state index >= 15 is 0 Å². The van der Waals surface area contributed by atoms with Crippen molar-refractivity contribution in [3.63, 3.8) is 0 Å². The van der Waals surface area contributed by atoms with Crippen molar-refractivity contribution < 1.29 is 0 Å². The van der Waals surface area contributed by atoms with Crippen LogP contribution >= 0.6 is 0 Å². The van der Waals surface area contributed by atoms with Gasteiger partial charge in [0.2, 0.25) is 0 Å². The molecule has 0 spiro atoms. The Kier molecular flexibility index (Phi) is 5.68. The molecule has 2 unspecified atom stereocenters. The minimum atomic E-state index is 0.135. The molecule has 0 heteroatoms. The van der Waals surface area contributed by atoms with Gasteiger partial charge in [-0.25, -0.2) is 0 Å². The first-order valence-electron chi connectivity index (χ1n) is 12.4. The van der Waals surface area contributed by atoms with Crippen molar-refractivity contribution in [2.75, 3.05) is 0 Å². The molecule has 0 aromatic heterocycles. The van der Waals surface area contributed by atoms with Gasteiger partial charge in [0, 0.05) is 10.8 Å². The lowest BCUT2D eigenvalue weighted by Gasteiger charge is -2.65. The van der Waals surface area contributed by atoms with Crippen LogP contribution in [-0.2, 0) is 10.8 Å². The van der Waals surface area contributed by atoms with Gasteiger partial charge in [0.25, 0.3) is 0 Å². The molecule has 0 nitrogen and oxygen atoms in total. The van der Waals surface area contributed by atoms with Gasteiger partial charge in [0.1, 0.15) is 0 Å². The molecule has 0 radical (unpaired) electrons. The fraction of sp³-hybridized carbons (Fsp3) is 0.467. The van der Waals surface area contributed by atoms with Crippen molar-refractivity contribution in [3.05, 3.63) is 95.1 Å². The first-order chi connectivity index (χ1) is 14.9. The Balaban J connectivity index is 1.79. The zero-order chi connectivity index (χ0) is 20.3. The molecule has 30 heavy (non-hydrogen) atoms. The first kappa shape index (κ1) is 19.9. The monoisotopic (exact) mass is 396 g/mol. The maximum atomic E-state index is 2.66. The molecule has 3 aliphatic carbocycles. The van der Waals surface area contributed by atoms with Gasteiger partial charge in [-0.05, 0) is 60.8 Å². The fourth-order valence-corrected chi connectivity index (χ4v) is 6.93. The largest absolute Gasteiger partial charge is 0.0801 e. The van der Waals surface area contributed by atoms with Gasteiger partial charge in [-0.2, -0.15) is 0 Å². The summed E-state index contributed by atoms with van der Waals surface area (Å²) in [6.07, 6.45) is 21.3. The molecule has 1 saturated carbocycles. The second-order valence-corrected chi connectivity index (χ2v) is 9.68. The van der Waals surface area contributed by atoms with Crippen LogP contribution in [0, 0.1) is 0 Å². The third-order valence-corrected chi connectivity index (χ3v) is 8.18. The zero-order valence-electron chi connectivity index (χ0n) is 18.4. The maximum Gasteiger partial charge on any atom is 0.0339 e.